The molecule has 132 valence electrons. The van der Waals surface area contributed by atoms with Crippen LogP contribution in [-0.4, -0.2) is 51.3 Å². The summed E-state index contributed by atoms with van der Waals surface area (Å²) in [6, 6.07) is 0. The van der Waals surface area contributed by atoms with Crippen molar-refractivity contribution in [3.8, 4) is 0 Å². The van der Waals surface area contributed by atoms with Gasteiger partial charge < -0.3 is 20.5 Å². The Hall–Kier alpha value is -0.360. The average Bonchev–Trinajstić information content (AvgIpc) is 2.52. The number of carbonyl (C=O) groups is 1. The standard InChI is InChI=1S/C16H33ClN2O3/c17-9-5-1-2-7-12-21-14-15-22-13-11-19-16(20)8-4-3-6-10-18/h1-15,18H2,(H,19,20). The summed E-state index contributed by atoms with van der Waals surface area (Å²) in [5.74, 6) is 0.840. The highest BCUT2D eigenvalue weighted by atomic mass is 35.5. The van der Waals surface area contributed by atoms with Crippen molar-refractivity contribution in [3.63, 3.8) is 0 Å². The van der Waals surface area contributed by atoms with Crippen molar-refractivity contribution in [3.05, 3.63) is 0 Å². The van der Waals surface area contributed by atoms with Crippen LogP contribution in [0.2, 0.25) is 0 Å². The number of carbonyl (C=O) groups excluding carboxylic acids is 1. The summed E-state index contributed by atoms with van der Waals surface area (Å²) in [6.07, 6.45) is 8.00. The quantitative estimate of drug-likeness (QED) is 0.316. The first-order valence-corrected chi connectivity index (χ1v) is 9.03. The summed E-state index contributed by atoms with van der Waals surface area (Å²) in [6.45, 7) is 3.77. The zero-order valence-corrected chi connectivity index (χ0v) is 14.5. The van der Waals surface area contributed by atoms with Gasteiger partial charge in [0.25, 0.3) is 0 Å². The molecule has 0 aliphatic rings. The van der Waals surface area contributed by atoms with Crippen LogP contribution >= 0.6 is 11.6 Å². The van der Waals surface area contributed by atoms with Gasteiger partial charge in [0.1, 0.15) is 0 Å². The van der Waals surface area contributed by atoms with Crippen molar-refractivity contribution >= 4 is 17.5 Å². The fourth-order valence-corrected chi connectivity index (χ4v) is 2.12. The van der Waals surface area contributed by atoms with E-state index in [0.717, 1.165) is 44.6 Å². The molecule has 0 bridgehead atoms. The number of halogens is 1. The number of hydrogen-bond acceptors (Lipinski definition) is 4. The lowest BCUT2D eigenvalue weighted by Crippen LogP contribution is -2.27. The molecule has 0 rings (SSSR count). The van der Waals surface area contributed by atoms with Crippen LogP contribution in [0.3, 0.4) is 0 Å². The normalized spacial score (nSPS) is 10.8. The predicted molar refractivity (Wildman–Crippen MR) is 91.4 cm³/mol. The van der Waals surface area contributed by atoms with Gasteiger partial charge in [-0.15, -0.1) is 11.6 Å². The van der Waals surface area contributed by atoms with Gasteiger partial charge >= 0.3 is 0 Å². The number of nitrogens with one attached hydrogen (secondary N) is 1. The number of ether oxygens (including phenoxy) is 2. The van der Waals surface area contributed by atoms with Gasteiger partial charge in [-0.05, 0) is 32.2 Å². The summed E-state index contributed by atoms with van der Waals surface area (Å²) in [4.78, 5) is 11.5. The number of hydrogen-bond donors (Lipinski definition) is 2. The molecule has 0 aromatic heterocycles. The summed E-state index contributed by atoms with van der Waals surface area (Å²) in [7, 11) is 0. The van der Waals surface area contributed by atoms with Crippen molar-refractivity contribution in [1.29, 1.82) is 0 Å². The number of alkyl halides is 1. The molecular weight excluding hydrogens is 304 g/mol. The van der Waals surface area contributed by atoms with E-state index in [9.17, 15) is 4.79 Å². The molecule has 0 aliphatic carbocycles. The molecule has 0 unspecified atom stereocenters. The predicted octanol–water partition coefficient (Wildman–Crippen LogP) is 2.45. The smallest absolute Gasteiger partial charge is 0.220 e. The highest BCUT2D eigenvalue weighted by molar-refractivity contribution is 6.17. The molecule has 0 fully saturated rings. The van der Waals surface area contributed by atoms with E-state index in [0.29, 0.717) is 39.3 Å². The Morgan fingerprint density at radius 3 is 2.27 bits per heavy atom. The van der Waals surface area contributed by atoms with Gasteiger partial charge in [-0.25, -0.2) is 0 Å². The van der Waals surface area contributed by atoms with E-state index in [1.54, 1.807) is 0 Å². The van der Waals surface area contributed by atoms with Crippen LogP contribution in [0.4, 0.5) is 0 Å². The van der Waals surface area contributed by atoms with Crippen molar-refractivity contribution in [2.75, 3.05) is 45.4 Å². The first-order chi connectivity index (χ1) is 10.8. The zero-order valence-electron chi connectivity index (χ0n) is 13.8. The van der Waals surface area contributed by atoms with Gasteiger partial charge in [-0.1, -0.05) is 19.3 Å². The van der Waals surface area contributed by atoms with Gasteiger partial charge in [0.2, 0.25) is 5.91 Å². The number of nitrogens with two attached hydrogens (primary N) is 1. The molecule has 0 heterocycles. The minimum atomic E-state index is 0.0915. The van der Waals surface area contributed by atoms with E-state index in [1.165, 1.54) is 12.8 Å². The molecule has 0 atom stereocenters. The third-order valence-electron chi connectivity index (χ3n) is 3.22. The summed E-state index contributed by atoms with van der Waals surface area (Å²) >= 11 is 5.60. The summed E-state index contributed by atoms with van der Waals surface area (Å²) < 4.78 is 10.9. The maximum Gasteiger partial charge on any atom is 0.220 e. The van der Waals surface area contributed by atoms with Crippen LogP contribution in [0.25, 0.3) is 0 Å². The van der Waals surface area contributed by atoms with Crippen LogP contribution in [0.15, 0.2) is 0 Å². The molecule has 0 radical (unpaired) electrons. The molecule has 0 saturated heterocycles. The zero-order chi connectivity index (χ0) is 16.3. The maximum absolute atomic E-state index is 11.5. The Labute approximate surface area is 140 Å². The lowest BCUT2D eigenvalue weighted by atomic mass is 10.2. The van der Waals surface area contributed by atoms with Gasteiger partial charge in [0.05, 0.1) is 19.8 Å². The molecule has 0 saturated carbocycles. The molecule has 3 N–H and O–H groups in total. The van der Waals surface area contributed by atoms with E-state index >= 15 is 0 Å². The first-order valence-electron chi connectivity index (χ1n) is 8.49. The van der Waals surface area contributed by atoms with Crippen molar-refractivity contribution in [1.82, 2.24) is 5.32 Å². The lowest BCUT2D eigenvalue weighted by molar-refractivity contribution is -0.121. The first kappa shape index (κ1) is 21.6. The molecule has 0 aromatic carbocycles. The fourth-order valence-electron chi connectivity index (χ4n) is 1.93. The van der Waals surface area contributed by atoms with E-state index in [4.69, 9.17) is 26.8 Å². The largest absolute Gasteiger partial charge is 0.379 e. The molecule has 5 nitrogen and oxygen atoms in total. The van der Waals surface area contributed by atoms with E-state index in [1.807, 2.05) is 0 Å². The molecule has 0 aromatic rings. The molecular formula is C16H33ClN2O3. The molecule has 1 amide bonds. The van der Waals surface area contributed by atoms with E-state index in [2.05, 4.69) is 5.32 Å². The van der Waals surface area contributed by atoms with Crippen molar-refractivity contribution in [2.45, 2.75) is 51.4 Å². The monoisotopic (exact) mass is 336 g/mol. The second-order valence-electron chi connectivity index (χ2n) is 5.28. The second kappa shape index (κ2) is 18.7. The highest BCUT2D eigenvalue weighted by Gasteiger charge is 2.00. The van der Waals surface area contributed by atoms with E-state index in [-0.39, 0.29) is 5.91 Å². The Balaban J connectivity index is 3.08. The topological polar surface area (TPSA) is 73.6 Å². The van der Waals surface area contributed by atoms with Gasteiger partial charge in [-0.3, -0.25) is 4.79 Å². The highest BCUT2D eigenvalue weighted by Crippen LogP contribution is 2.01. The van der Waals surface area contributed by atoms with Crippen LogP contribution in [-0.2, 0) is 14.3 Å². The van der Waals surface area contributed by atoms with Gasteiger partial charge in [0, 0.05) is 25.5 Å². The van der Waals surface area contributed by atoms with Crippen molar-refractivity contribution < 1.29 is 14.3 Å². The third-order valence-corrected chi connectivity index (χ3v) is 3.49. The molecule has 0 spiro atoms. The van der Waals surface area contributed by atoms with Gasteiger partial charge in [-0.2, -0.15) is 0 Å². The molecule has 6 heteroatoms. The van der Waals surface area contributed by atoms with Crippen molar-refractivity contribution in [2.24, 2.45) is 5.73 Å². The van der Waals surface area contributed by atoms with Crippen LogP contribution in [0, 0.1) is 0 Å². The van der Waals surface area contributed by atoms with Crippen LogP contribution < -0.4 is 11.1 Å². The Bertz CT molecular complexity index is 243. The molecule has 0 aliphatic heterocycles. The Morgan fingerprint density at radius 2 is 1.55 bits per heavy atom. The Morgan fingerprint density at radius 1 is 0.864 bits per heavy atom. The molecule has 22 heavy (non-hydrogen) atoms. The maximum atomic E-state index is 11.5. The lowest BCUT2D eigenvalue weighted by Gasteiger charge is -2.07. The fraction of sp³-hybridized carbons (Fsp3) is 0.938. The third kappa shape index (κ3) is 17.7. The summed E-state index contributed by atoms with van der Waals surface area (Å²) in [5, 5.41) is 2.84. The van der Waals surface area contributed by atoms with Crippen LogP contribution in [0.5, 0.6) is 0 Å². The average molecular weight is 337 g/mol. The minimum absolute atomic E-state index is 0.0915. The number of unbranched alkanes of at least 4 members (excludes halogenated alkanes) is 5. The Kier molecular flexibility index (Phi) is 18.4. The second-order valence-corrected chi connectivity index (χ2v) is 5.66. The van der Waals surface area contributed by atoms with Gasteiger partial charge in [0.15, 0.2) is 0 Å². The number of amides is 1. The van der Waals surface area contributed by atoms with Crippen LogP contribution in [0.1, 0.15) is 51.4 Å². The van der Waals surface area contributed by atoms with E-state index < -0.39 is 0 Å². The summed E-state index contributed by atoms with van der Waals surface area (Å²) in [5.41, 5.74) is 5.40. The number of rotatable bonds is 17. The minimum Gasteiger partial charge on any atom is -0.379 e. The SMILES string of the molecule is NCCCCCC(=O)NCCOCCOCCCCCCCl.